The molecule has 2 heterocycles. The highest BCUT2D eigenvalue weighted by Gasteiger charge is 2.08. The van der Waals surface area contributed by atoms with Gasteiger partial charge in [0.15, 0.2) is 0 Å². The second kappa shape index (κ2) is 7.21. The van der Waals surface area contributed by atoms with Crippen LogP contribution in [0, 0.1) is 6.92 Å². The maximum absolute atomic E-state index is 11.8. The van der Waals surface area contributed by atoms with Gasteiger partial charge in [-0.15, -0.1) is 11.3 Å². The topological polar surface area (TPSA) is 58.4 Å². The fraction of sp³-hybridized carbons (Fsp3) is 0.429. The van der Waals surface area contributed by atoms with Crippen LogP contribution in [0.3, 0.4) is 0 Å². The number of hydrogen-bond donors (Lipinski definition) is 1. The highest BCUT2D eigenvalue weighted by atomic mass is 32.1. The minimum atomic E-state index is 0.00456. The quantitative estimate of drug-likeness (QED) is 0.846. The molecule has 6 heteroatoms. The van der Waals surface area contributed by atoms with Gasteiger partial charge in [-0.2, -0.15) is 0 Å². The highest BCUT2D eigenvalue weighted by Crippen LogP contribution is 2.12. The first-order chi connectivity index (χ1) is 9.65. The van der Waals surface area contributed by atoms with Gasteiger partial charge in [-0.3, -0.25) is 9.69 Å². The van der Waals surface area contributed by atoms with Crippen LogP contribution in [0.4, 0.5) is 0 Å². The molecule has 0 aliphatic carbocycles. The largest absolute Gasteiger partial charge is 0.467 e. The third kappa shape index (κ3) is 4.47. The van der Waals surface area contributed by atoms with E-state index in [2.05, 4.69) is 10.3 Å². The summed E-state index contributed by atoms with van der Waals surface area (Å²) in [6.45, 7) is 3.69. The molecular weight excluding hydrogens is 274 g/mol. The maximum Gasteiger partial charge on any atom is 0.234 e. The molecule has 2 rings (SSSR count). The van der Waals surface area contributed by atoms with Crippen molar-refractivity contribution in [3.8, 4) is 0 Å². The summed E-state index contributed by atoms with van der Waals surface area (Å²) in [5.74, 6) is 0.770. The molecule has 0 spiro atoms. The van der Waals surface area contributed by atoms with E-state index in [-0.39, 0.29) is 5.91 Å². The van der Waals surface area contributed by atoms with Gasteiger partial charge in [0.1, 0.15) is 5.76 Å². The van der Waals surface area contributed by atoms with Crippen molar-refractivity contribution in [3.63, 3.8) is 0 Å². The summed E-state index contributed by atoms with van der Waals surface area (Å²) >= 11 is 1.67. The van der Waals surface area contributed by atoms with E-state index in [0.717, 1.165) is 24.4 Å². The molecule has 0 fully saturated rings. The molecule has 0 radical (unpaired) electrons. The van der Waals surface area contributed by atoms with Gasteiger partial charge in [0.05, 0.1) is 30.6 Å². The Labute approximate surface area is 122 Å². The zero-order valence-electron chi connectivity index (χ0n) is 11.8. The molecule has 20 heavy (non-hydrogen) atoms. The second-order valence-electron chi connectivity index (χ2n) is 4.70. The average molecular weight is 293 g/mol. The summed E-state index contributed by atoms with van der Waals surface area (Å²) in [6, 6.07) is 3.65. The summed E-state index contributed by atoms with van der Waals surface area (Å²) in [7, 11) is 1.95. The standard InChI is InChI=1S/C14H19N3O2S/c1-11-13(20-10-16-11)5-6-17(2)9-14(18)15-8-12-4-3-7-19-12/h3-4,7,10H,5-6,8-9H2,1-2H3,(H,15,18). The maximum atomic E-state index is 11.8. The Bertz CT molecular complexity index is 536. The van der Waals surface area contributed by atoms with Crippen LogP contribution in [0.25, 0.3) is 0 Å². The number of nitrogens with one attached hydrogen (secondary N) is 1. The molecule has 0 saturated carbocycles. The molecule has 2 aromatic heterocycles. The number of aryl methyl sites for hydroxylation is 1. The van der Waals surface area contributed by atoms with Crippen LogP contribution in [0.2, 0.25) is 0 Å². The number of furan rings is 1. The number of rotatable bonds is 7. The molecule has 0 aliphatic rings. The number of thiazole rings is 1. The Hall–Kier alpha value is -1.66. The third-order valence-electron chi connectivity index (χ3n) is 3.02. The molecule has 0 bridgehead atoms. The number of likely N-dealkylation sites (N-methyl/N-ethyl adjacent to an activating group) is 1. The van der Waals surface area contributed by atoms with Crippen molar-refractivity contribution in [1.29, 1.82) is 0 Å². The first-order valence-electron chi connectivity index (χ1n) is 6.51. The first kappa shape index (κ1) is 14.7. The molecule has 0 aliphatic heterocycles. The molecule has 0 aromatic carbocycles. The van der Waals surface area contributed by atoms with Crippen molar-refractivity contribution in [1.82, 2.24) is 15.2 Å². The smallest absolute Gasteiger partial charge is 0.234 e. The van der Waals surface area contributed by atoms with E-state index in [1.807, 2.05) is 36.5 Å². The zero-order valence-corrected chi connectivity index (χ0v) is 12.6. The van der Waals surface area contributed by atoms with E-state index >= 15 is 0 Å². The van der Waals surface area contributed by atoms with Crippen LogP contribution in [0.15, 0.2) is 28.3 Å². The van der Waals surface area contributed by atoms with Gasteiger partial charge < -0.3 is 9.73 Å². The number of carbonyl (C=O) groups is 1. The molecule has 5 nitrogen and oxygen atoms in total. The van der Waals surface area contributed by atoms with E-state index in [4.69, 9.17) is 4.42 Å². The van der Waals surface area contributed by atoms with Crippen molar-refractivity contribution < 1.29 is 9.21 Å². The lowest BCUT2D eigenvalue weighted by Crippen LogP contribution is -2.35. The predicted molar refractivity (Wildman–Crippen MR) is 78.6 cm³/mol. The fourth-order valence-electron chi connectivity index (χ4n) is 1.84. The number of amides is 1. The number of hydrogen-bond acceptors (Lipinski definition) is 5. The van der Waals surface area contributed by atoms with Gasteiger partial charge >= 0.3 is 0 Å². The Morgan fingerprint density at radius 2 is 2.40 bits per heavy atom. The first-order valence-corrected chi connectivity index (χ1v) is 7.39. The van der Waals surface area contributed by atoms with E-state index in [1.165, 1.54) is 4.88 Å². The van der Waals surface area contributed by atoms with Crippen LogP contribution in [-0.4, -0.2) is 35.9 Å². The number of nitrogens with zero attached hydrogens (tertiary/aromatic N) is 2. The van der Waals surface area contributed by atoms with Crippen molar-refractivity contribution in [2.75, 3.05) is 20.1 Å². The molecule has 0 atom stereocenters. The molecular formula is C14H19N3O2S. The summed E-state index contributed by atoms with van der Waals surface area (Å²) in [6.07, 6.45) is 2.53. The van der Waals surface area contributed by atoms with Gasteiger partial charge in [0.2, 0.25) is 5.91 Å². The molecule has 2 aromatic rings. The van der Waals surface area contributed by atoms with Gasteiger partial charge in [0, 0.05) is 11.4 Å². The van der Waals surface area contributed by atoms with Crippen molar-refractivity contribution in [2.45, 2.75) is 19.9 Å². The Morgan fingerprint density at radius 1 is 1.55 bits per heavy atom. The normalized spacial score (nSPS) is 10.9. The zero-order chi connectivity index (χ0) is 14.4. The van der Waals surface area contributed by atoms with Crippen molar-refractivity contribution >= 4 is 17.2 Å². The third-order valence-corrected chi connectivity index (χ3v) is 4.01. The fourth-order valence-corrected chi connectivity index (χ4v) is 2.61. The van der Waals surface area contributed by atoms with Crippen LogP contribution in [0.1, 0.15) is 16.3 Å². The van der Waals surface area contributed by atoms with E-state index in [9.17, 15) is 4.79 Å². The molecule has 1 N–H and O–H groups in total. The van der Waals surface area contributed by atoms with Crippen LogP contribution in [-0.2, 0) is 17.8 Å². The molecule has 108 valence electrons. The minimum absolute atomic E-state index is 0.00456. The van der Waals surface area contributed by atoms with Crippen LogP contribution in [0.5, 0.6) is 0 Å². The Balaban J connectivity index is 1.67. The summed E-state index contributed by atoms with van der Waals surface area (Å²) in [4.78, 5) is 19.3. The number of carbonyl (C=O) groups excluding carboxylic acids is 1. The van der Waals surface area contributed by atoms with E-state index in [1.54, 1.807) is 17.6 Å². The lowest BCUT2D eigenvalue weighted by molar-refractivity contribution is -0.122. The Morgan fingerprint density at radius 3 is 3.05 bits per heavy atom. The van der Waals surface area contributed by atoms with E-state index in [0.29, 0.717) is 13.1 Å². The second-order valence-corrected chi connectivity index (χ2v) is 5.64. The van der Waals surface area contributed by atoms with Gasteiger partial charge in [-0.25, -0.2) is 4.98 Å². The summed E-state index contributed by atoms with van der Waals surface area (Å²) < 4.78 is 5.16. The average Bonchev–Trinajstić information content (AvgIpc) is 3.05. The summed E-state index contributed by atoms with van der Waals surface area (Å²) in [5.41, 5.74) is 2.95. The lowest BCUT2D eigenvalue weighted by atomic mass is 10.3. The van der Waals surface area contributed by atoms with Crippen LogP contribution >= 0.6 is 11.3 Å². The molecule has 0 saturated heterocycles. The van der Waals surface area contributed by atoms with E-state index < -0.39 is 0 Å². The minimum Gasteiger partial charge on any atom is -0.467 e. The lowest BCUT2D eigenvalue weighted by Gasteiger charge is -2.15. The molecule has 1 amide bonds. The highest BCUT2D eigenvalue weighted by molar-refractivity contribution is 7.09. The Kier molecular flexibility index (Phi) is 5.31. The SMILES string of the molecule is Cc1ncsc1CCN(C)CC(=O)NCc1ccco1. The monoisotopic (exact) mass is 293 g/mol. The van der Waals surface area contributed by atoms with Crippen molar-refractivity contribution in [2.24, 2.45) is 0 Å². The predicted octanol–water partition coefficient (Wildman–Crippen LogP) is 1.84. The summed E-state index contributed by atoms with van der Waals surface area (Å²) in [5, 5.41) is 2.84. The van der Waals surface area contributed by atoms with Gasteiger partial charge in [0.25, 0.3) is 0 Å². The number of aromatic nitrogens is 1. The van der Waals surface area contributed by atoms with Crippen molar-refractivity contribution in [3.05, 3.63) is 40.2 Å². The van der Waals surface area contributed by atoms with Gasteiger partial charge in [-0.1, -0.05) is 0 Å². The van der Waals surface area contributed by atoms with Crippen LogP contribution < -0.4 is 5.32 Å². The van der Waals surface area contributed by atoms with Gasteiger partial charge in [-0.05, 0) is 32.5 Å². The molecule has 0 unspecified atom stereocenters.